The first-order valence-corrected chi connectivity index (χ1v) is 9.29. The third-order valence-electron chi connectivity index (χ3n) is 5.15. The monoisotopic (exact) mass is 346 g/mol. The predicted molar refractivity (Wildman–Crippen MR) is 102 cm³/mol. The Morgan fingerprint density at radius 1 is 1.24 bits per heavy atom. The Kier molecular flexibility index (Phi) is 5.68. The number of piperazine rings is 1. The van der Waals surface area contributed by atoms with Gasteiger partial charge in [-0.15, -0.1) is 0 Å². The molecule has 1 heterocycles. The zero-order chi connectivity index (χ0) is 17.7. The van der Waals surface area contributed by atoms with E-state index in [0.717, 1.165) is 69.4 Å². The molecular formula is C19H30N4O2. The van der Waals surface area contributed by atoms with Crippen LogP contribution in [-0.2, 0) is 0 Å². The summed E-state index contributed by atoms with van der Waals surface area (Å²) in [5.41, 5.74) is 0.579. The summed E-state index contributed by atoms with van der Waals surface area (Å²) in [5.74, 6) is 1.84. The standard InChI is InChI=1S/C19H30N4O2/c1-3-20-18(21-15-19(24)9-6-10-19)23-13-11-22(12-14-23)16-7-4-5-8-17(16)25-2/h4-5,7-8,24H,3,6,9-15H2,1-2H3,(H,20,21). The lowest BCUT2D eigenvalue weighted by molar-refractivity contribution is -0.0237. The Morgan fingerprint density at radius 2 is 1.96 bits per heavy atom. The minimum atomic E-state index is -0.570. The number of aliphatic imine (C=N–C) groups is 1. The lowest BCUT2D eigenvalue weighted by Crippen LogP contribution is -2.53. The van der Waals surface area contributed by atoms with Crippen LogP contribution in [-0.4, -0.2) is 67.9 Å². The number of aliphatic hydroxyl groups is 1. The van der Waals surface area contributed by atoms with Crippen molar-refractivity contribution in [2.24, 2.45) is 4.99 Å². The predicted octanol–water partition coefficient (Wildman–Crippen LogP) is 1.70. The summed E-state index contributed by atoms with van der Waals surface area (Å²) in [6.45, 7) is 7.08. The number of hydrogen-bond donors (Lipinski definition) is 2. The number of para-hydroxylation sites is 2. The third-order valence-corrected chi connectivity index (χ3v) is 5.15. The summed E-state index contributed by atoms with van der Waals surface area (Å²) in [6, 6.07) is 8.17. The summed E-state index contributed by atoms with van der Waals surface area (Å²) in [4.78, 5) is 9.35. The first kappa shape index (κ1) is 17.9. The molecule has 6 heteroatoms. The highest BCUT2D eigenvalue weighted by molar-refractivity contribution is 5.80. The fourth-order valence-electron chi connectivity index (χ4n) is 3.44. The van der Waals surface area contributed by atoms with Crippen LogP contribution in [0.25, 0.3) is 0 Å². The van der Waals surface area contributed by atoms with Gasteiger partial charge in [0.1, 0.15) is 5.75 Å². The highest BCUT2D eigenvalue weighted by Crippen LogP contribution is 2.32. The second-order valence-electron chi connectivity index (χ2n) is 6.89. The van der Waals surface area contributed by atoms with Crippen LogP contribution in [0.3, 0.4) is 0 Å². The molecule has 0 unspecified atom stereocenters. The van der Waals surface area contributed by atoms with Crippen molar-refractivity contribution in [1.82, 2.24) is 10.2 Å². The maximum absolute atomic E-state index is 10.3. The topological polar surface area (TPSA) is 60.3 Å². The van der Waals surface area contributed by atoms with E-state index in [4.69, 9.17) is 9.73 Å². The minimum Gasteiger partial charge on any atom is -0.495 e. The van der Waals surface area contributed by atoms with Crippen LogP contribution in [0.1, 0.15) is 26.2 Å². The van der Waals surface area contributed by atoms with Crippen molar-refractivity contribution in [3.05, 3.63) is 24.3 Å². The molecule has 2 aliphatic rings. The molecule has 6 nitrogen and oxygen atoms in total. The molecule has 2 N–H and O–H groups in total. The normalized spacial score (nSPS) is 20.2. The summed E-state index contributed by atoms with van der Waals surface area (Å²) >= 11 is 0. The van der Waals surface area contributed by atoms with E-state index in [9.17, 15) is 5.11 Å². The van der Waals surface area contributed by atoms with E-state index in [1.165, 1.54) is 0 Å². The molecule has 0 atom stereocenters. The van der Waals surface area contributed by atoms with E-state index >= 15 is 0 Å². The van der Waals surface area contributed by atoms with E-state index in [2.05, 4.69) is 34.2 Å². The van der Waals surface area contributed by atoms with Gasteiger partial charge in [-0.3, -0.25) is 4.99 Å². The van der Waals surface area contributed by atoms with E-state index in [1.807, 2.05) is 12.1 Å². The maximum Gasteiger partial charge on any atom is 0.194 e. The summed E-state index contributed by atoms with van der Waals surface area (Å²) in [5, 5.41) is 13.7. The molecule has 1 aromatic rings. The smallest absolute Gasteiger partial charge is 0.194 e. The first-order chi connectivity index (χ1) is 12.1. The Labute approximate surface area is 150 Å². The molecule has 0 radical (unpaired) electrons. The van der Waals surface area contributed by atoms with Gasteiger partial charge in [0.15, 0.2) is 5.96 Å². The SMILES string of the molecule is CCNC(=NCC1(O)CCC1)N1CCN(c2ccccc2OC)CC1. The van der Waals surface area contributed by atoms with Gasteiger partial charge in [-0.2, -0.15) is 0 Å². The molecule has 1 aromatic carbocycles. The average Bonchev–Trinajstić information content (AvgIpc) is 2.63. The maximum atomic E-state index is 10.3. The van der Waals surface area contributed by atoms with Gasteiger partial charge in [0.25, 0.3) is 0 Å². The number of ether oxygens (including phenoxy) is 1. The van der Waals surface area contributed by atoms with Crippen LogP contribution in [0.4, 0.5) is 5.69 Å². The number of methoxy groups -OCH3 is 1. The van der Waals surface area contributed by atoms with Crippen molar-refractivity contribution < 1.29 is 9.84 Å². The molecule has 1 aliphatic carbocycles. The zero-order valence-corrected chi connectivity index (χ0v) is 15.4. The van der Waals surface area contributed by atoms with Crippen LogP contribution >= 0.6 is 0 Å². The van der Waals surface area contributed by atoms with Gasteiger partial charge >= 0.3 is 0 Å². The number of guanidine groups is 1. The van der Waals surface area contributed by atoms with Gasteiger partial charge in [0.05, 0.1) is 24.9 Å². The third kappa shape index (κ3) is 4.18. The summed E-state index contributed by atoms with van der Waals surface area (Å²) in [6.07, 6.45) is 2.86. The van der Waals surface area contributed by atoms with Crippen molar-refractivity contribution in [1.29, 1.82) is 0 Å². The van der Waals surface area contributed by atoms with E-state index in [-0.39, 0.29) is 0 Å². The summed E-state index contributed by atoms with van der Waals surface area (Å²) < 4.78 is 5.49. The minimum absolute atomic E-state index is 0.502. The number of hydrogen-bond acceptors (Lipinski definition) is 4. The molecule has 0 spiro atoms. The molecular weight excluding hydrogens is 316 g/mol. The molecule has 1 saturated heterocycles. The lowest BCUT2D eigenvalue weighted by atomic mass is 9.80. The molecule has 1 saturated carbocycles. The quantitative estimate of drug-likeness (QED) is 0.628. The Balaban J connectivity index is 1.62. The largest absolute Gasteiger partial charge is 0.495 e. The molecule has 25 heavy (non-hydrogen) atoms. The molecule has 0 aromatic heterocycles. The number of nitrogens with one attached hydrogen (secondary N) is 1. The van der Waals surface area contributed by atoms with Gasteiger partial charge in [0, 0.05) is 32.7 Å². The molecule has 1 aliphatic heterocycles. The number of benzene rings is 1. The number of rotatable bonds is 5. The average molecular weight is 346 g/mol. The van der Waals surface area contributed by atoms with Crippen molar-refractivity contribution >= 4 is 11.6 Å². The van der Waals surface area contributed by atoms with E-state index < -0.39 is 5.60 Å². The highest BCUT2D eigenvalue weighted by Gasteiger charge is 2.34. The van der Waals surface area contributed by atoms with Gasteiger partial charge < -0.3 is 25.0 Å². The molecule has 0 amide bonds. The van der Waals surface area contributed by atoms with Crippen LogP contribution in [0.5, 0.6) is 5.75 Å². The van der Waals surface area contributed by atoms with Crippen LogP contribution < -0.4 is 15.0 Å². The second kappa shape index (κ2) is 7.95. The van der Waals surface area contributed by atoms with Crippen molar-refractivity contribution in [3.63, 3.8) is 0 Å². The Bertz CT molecular complexity index is 593. The van der Waals surface area contributed by atoms with Gasteiger partial charge in [0.2, 0.25) is 0 Å². The van der Waals surface area contributed by atoms with Crippen LogP contribution in [0.2, 0.25) is 0 Å². The molecule has 2 fully saturated rings. The lowest BCUT2D eigenvalue weighted by Gasteiger charge is -2.39. The van der Waals surface area contributed by atoms with Gasteiger partial charge in [-0.25, -0.2) is 0 Å². The van der Waals surface area contributed by atoms with Gasteiger partial charge in [-0.05, 0) is 38.3 Å². The zero-order valence-electron chi connectivity index (χ0n) is 15.4. The summed E-state index contributed by atoms with van der Waals surface area (Å²) in [7, 11) is 1.72. The van der Waals surface area contributed by atoms with Crippen LogP contribution in [0.15, 0.2) is 29.3 Å². The first-order valence-electron chi connectivity index (χ1n) is 9.29. The van der Waals surface area contributed by atoms with Gasteiger partial charge in [-0.1, -0.05) is 12.1 Å². The van der Waals surface area contributed by atoms with Crippen molar-refractivity contribution in [2.75, 3.05) is 51.3 Å². The van der Waals surface area contributed by atoms with E-state index in [0.29, 0.717) is 6.54 Å². The van der Waals surface area contributed by atoms with Crippen molar-refractivity contribution in [2.45, 2.75) is 31.8 Å². The van der Waals surface area contributed by atoms with Crippen molar-refractivity contribution in [3.8, 4) is 5.75 Å². The highest BCUT2D eigenvalue weighted by atomic mass is 16.5. The Morgan fingerprint density at radius 3 is 2.56 bits per heavy atom. The molecule has 138 valence electrons. The van der Waals surface area contributed by atoms with E-state index in [1.54, 1.807) is 7.11 Å². The molecule has 3 rings (SSSR count). The number of nitrogens with zero attached hydrogens (tertiary/aromatic N) is 3. The van der Waals surface area contributed by atoms with Crippen LogP contribution in [0, 0.1) is 0 Å². The Hall–Kier alpha value is -1.95. The molecule has 0 bridgehead atoms. The number of anilines is 1. The fourth-order valence-corrected chi connectivity index (χ4v) is 3.44. The second-order valence-corrected chi connectivity index (χ2v) is 6.89. The fraction of sp³-hybridized carbons (Fsp3) is 0.632.